The summed E-state index contributed by atoms with van der Waals surface area (Å²) in [7, 11) is 0. The quantitative estimate of drug-likeness (QED) is 0.746. The molecule has 1 aliphatic heterocycles. The first kappa shape index (κ1) is 14.9. The fourth-order valence-electron chi connectivity index (χ4n) is 2.46. The molecule has 1 heterocycles. The van der Waals surface area contributed by atoms with Gasteiger partial charge in [-0.15, -0.1) is 0 Å². The predicted octanol–water partition coefficient (Wildman–Crippen LogP) is 1.86. The molecule has 2 N–H and O–H groups in total. The number of aliphatic hydroxyl groups is 1. The minimum atomic E-state index is -0.562. The molecule has 1 saturated heterocycles. The molecule has 1 aliphatic rings. The van der Waals surface area contributed by atoms with Gasteiger partial charge in [0.2, 0.25) is 0 Å². The second-order valence-corrected chi connectivity index (χ2v) is 5.82. The second-order valence-electron chi connectivity index (χ2n) is 5.82. The Hall–Kier alpha value is -0.120. The van der Waals surface area contributed by atoms with Gasteiger partial charge in [-0.25, -0.2) is 0 Å². The van der Waals surface area contributed by atoms with Gasteiger partial charge >= 0.3 is 0 Å². The zero-order valence-corrected chi connectivity index (χ0v) is 12.0. The molecular weight excluding hydrogens is 212 g/mol. The minimum Gasteiger partial charge on any atom is -0.389 e. The number of hydrogen-bond acceptors (Lipinski definition) is 3. The lowest BCUT2D eigenvalue weighted by molar-refractivity contribution is 0.0481. The zero-order valence-electron chi connectivity index (χ0n) is 12.0. The van der Waals surface area contributed by atoms with Crippen LogP contribution in [0.5, 0.6) is 0 Å². The Labute approximate surface area is 107 Å². The van der Waals surface area contributed by atoms with Crippen LogP contribution in [0.15, 0.2) is 0 Å². The highest BCUT2D eigenvalue weighted by Gasteiger charge is 2.25. The van der Waals surface area contributed by atoms with Crippen LogP contribution in [0, 0.1) is 5.92 Å². The Morgan fingerprint density at radius 3 is 2.76 bits per heavy atom. The van der Waals surface area contributed by atoms with Crippen LogP contribution in [0.1, 0.15) is 47.0 Å². The summed E-state index contributed by atoms with van der Waals surface area (Å²) in [5.41, 5.74) is -0.562. The van der Waals surface area contributed by atoms with Crippen molar-refractivity contribution in [1.29, 1.82) is 0 Å². The monoisotopic (exact) mass is 242 g/mol. The molecule has 0 aromatic rings. The number of piperidine rings is 1. The van der Waals surface area contributed by atoms with E-state index in [1.165, 1.54) is 25.9 Å². The van der Waals surface area contributed by atoms with Crippen molar-refractivity contribution in [2.75, 3.05) is 26.2 Å². The van der Waals surface area contributed by atoms with Crippen LogP contribution in [-0.2, 0) is 0 Å². The van der Waals surface area contributed by atoms with Gasteiger partial charge in [0.05, 0.1) is 5.60 Å². The van der Waals surface area contributed by atoms with Crippen LogP contribution in [0.4, 0.5) is 0 Å². The molecule has 0 radical (unpaired) electrons. The molecule has 1 fully saturated rings. The van der Waals surface area contributed by atoms with E-state index in [9.17, 15) is 5.11 Å². The first-order valence-electron chi connectivity index (χ1n) is 7.16. The van der Waals surface area contributed by atoms with Gasteiger partial charge in [-0.2, -0.15) is 0 Å². The third-order valence-corrected chi connectivity index (χ3v) is 4.26. The molecule has 0 aromatic heterocycles. The molecular formula is C14H30N2O. The fourth-order valence-corrected chi connectivity index (χ4v) is 2.46. The maximum absolute atomic E-state index is 10.00. The predicted molar refractivity (Wildman–Crippen MR) is 73.2 cm³/mol. The average molecular weight is 242 g/mol. The van der Waals surface area contributed by atoms with Crippen molar-refractivity contribution in [3.63, 3.8) is 0 Å². The maximum atomic E-state index is 10.00. The van der Waals surface area contributed by atoms with Crippen molar-refractivity contribution in [2.45, 2.75) is 58.6 Å². The van der Waals surface area contributed by atoms with Crippen LogP contribution in [-0.4, -0.2) is 47.8 Å². The van der Waals surface area contributed by atoms with Crippen molar-refractivity contribution in [3.05, 3.63) is 0 Å². The summed E-state index contributed by atoms with van der Waals surface area (Å²) < 4.78 is 0. The Bertz CT molecular complexity index is 218. The Morgan fingerprint density at radius 2 is 2.18 bits per heavy atom. The topological polar surface area (TPSA) is 35.5 Å². The first-order valence-corrected chi connectivity index (χ1v) is 7.16. The molecule has 0 aromatic carbocycles. The van der Waals surface area contributed by atoms with Gasteiger partial charge in [-0.05, 0) is 52.1 Å². The summed E-state index contributed by atoms with van der Waals surface area (Å²) >= 11 is 0. The van der Waals surface area contributed by atoms with E-state index in [4.69, 9.17) is 0 Å². The zero-order chi connectivity index (χ0) is 12.9. The molecule has 3 heteroatoms. The van der Waals surface area contributed by atoms with Crippen molar-refractivity contribution in [3.8, 4) is 0 Å². The van der Waals surface area contributed by atoms with E-state index < -0.39 is 5.60 Å². The van der Waals surface area contributed by atoms with Crippen LogP contribution in [0.2, 0.25) is 0 Å². The summed E-state index contributed by atoms with van der Waals surface area (Å²) in [5.74, 6) is 0.733. The van der Waals surface area contributed by atoms with E-state index in [1.807, 2.05) is 13.8 Å². The molecule has 3 atom stereocenters. The summed E-state index contributed by atoms with van der Waals surface area (Å²) in [6.45, 7) is 12.8. The Kier molecular flexibility index (Phi) is 5.90. The molecule has 0 amide bonds. The molecule has 0 aliphatic carbocycles. The lowest BCUT2D eigenvalue weighted by atomic mass is 9.91. The third-order valence-electron chi connectivity index (χ3n) is 4.26. The molecule has 0 saturated carbocycles. The molecule has 1 rings (SSSR count). The van der Waals surface area contributed by atoms with E-state index in [2.05, 4.69) is 24.1 Å². The van der Waals surface area contributed by atoms with Crippen LogP contribution < -0.4 is 5.32 Å². The lowest BCUT2D eigenvalue weighted by Crippen LogP contribution is -2.48. The highest BCUT2D eigenvalue weighted by atomic mass is 16.3. The number of nitrogens with zero attached hydrogens (tertiary/aromatic N) is 1. The van der Waals surface area contributed by atoms with E-state index in [0.29, 0.717) is 12.6 Å². The van der Waals surface area contributed by atoms with Crippen molar-refractivity contribution < 1.29 is 5.11 Å². The number of hydrogen-bond donors (Lipinski definition) is 2. The van der Waals surface area contributed by atoms with E-state index in [1.54, 1.807) is 0 Å². The number of nitrogens with one attached hydrogen (secondary N) is 1. The highest BCUT2D eigenvalue weighted by Crippen LogP contribution is 2.20. The van der Waals surface area contributed by atoms with Crippen molar-refractivity contribution in [2.24, 2.45) is 5.92 Å². The minimum absolute atomic E-state index is 0.502. The smallest absolute Gasteiger partial charge is 0.0741 e. The normalized spacial score (nSPS) is 27.7. The van der Waals surface area contributed by atoms with Gasteiger partial charge in [0.15, 0.2) is 0 Å². The molecule has 3 nitrogen and oxygen atoms in total. The standard InChI is InChI=1S/C14H30N2O/c1-5-14(4,17)11-15-12(3)13-8-7-9-16(6-2)10-13/h12-13,15,17H,5-11H2,1-4H3. The summed E-state index contributed by atoms with van der Waals surface area (Å²) in [6.07, 6.45) is 3.44. The highest BCUT2D eigenvalue weighted by molar-refractivity contribution is 4.82. The third kappa shape index (κ3) is 4.94. The summed E-state index contributed by atoms with van der Waals surface area (Å²) in [4.78, 5) is 2.53. The summed E-state index contributed by atoms with van der Waals surface area (Å²) in [6, 6.07) is 0.502. The van der Waals surface area contributed by atoms with Crippen LogP contribution >= 0.6 is 0 Å². The molecule has 17 heavy (non-hydrogen) atoms. The summed E-state index contributed by atoms with van der Waals surface area (Å²) in [5, 5.41) is 13.5. The van der Waals surface area contributed by atoms with E-state index in [0.717, 1.165) is 18.9 Å². The van der Waals surface area contributed by atoms with E-state index >= 15 is 0 Å². The van der Waals surface area contributed by atoms with Crippen molar-refractivity contribution >= 4 is 0 Å². The molecule has 3 unspecified atom stereocenters. The fraction of sp³-hybridized carbons (Fsp3) is 1.00. The molecule has 0 spiro atoms. The van der Waals surface area contributed by atoms with Gasteiger partial charge < -0.3 is 15.3 Å². The second kappa shape index (κ2) is 6.72. The lowest BCUT2D eigenvalue weighted by Gasteiger charge is -2.36. The molecule has 0 bridgehead atoms. The maximum Gasteiger partial charge on any atom is 0.0741 e. The van der Waals surface area contributed by atoms with Gasteiger partial charge in [0.25, 0.3) is 0 Å². The van der Waals surface area contributed by atoms with Gasteiger partial charge in [-0.3, -0.25) is 0 Å². The van der Waals surface area contributed by atoms with Crippen LogP contribution in [0.3, 0.4) is 0 Å². The van der Waals surface area contributed by atoms with Crippen molar-refractivity contribution in [1.82, 2.24) is 10.2 Å². The number of likely N-dealkylation sites (tertiary alicyclic amines) is 1. The number of rotatable bonds is 6. The Morgan fingerprint density at radius 1 is 1.47 bits per heavy atom. The SMILES string of the molecule is CCN1CCCC(C(C)NCC(C)(O)CC)C1. The van der Waals surface area contributed by atoms with Gasteiger partial charge in [0.1, 0.15) is 0 Å². The largest absolute Gasteiger partial charge is 0.389 e. The Balaban J connectivity index is 2.34. The van der Waals surface area contributed by atoms with Gasteiger partial charge in [0, 0.05) is 19.1 Å². The first-order chi connectivity index (χ1) is 7.98. The average Bonchev–Trinajstić information content (AvgIpc) is 2.36. The van der Waals surface area contributed by atoms with E-state index in [-0.39, 0.29) is 0 Å². The van der Waals surface area contributed by atoms with Crippen LogP contribution in [0.25, 0.3) is 0 Å². The molecule has 102 valence electrons. The van der Waals surface area contributed by atoms with Gasteiger partial charge in [-0.1, -0.05) is 13.8 Å².